The van der Waals surface area contributed by atoms with Gasteiger partial charge in [-0.2, -0.15) is 0 Å². The van der Waals surface area contributed by atoms with E-state index in [1.165, 1.54) is 14.2 Å². The van der Waals surface area contributed by atoms with Crippen LogP contribution in [-0.4, -0.2) is 38.3 Å². The number of amides is 1. The lowest BCUT2D eigenvalue weighted by Gasteiger charge is -2.27. The number of esters is 1. The van der Waals surface area contributed by atoms with E-state index in [2.05, 4.69) is 5.32 Å². The van der Waals surface area contributed by atoms with Crippen LogP contribution in [0.3, 0.4) is 0 Å². The molecule has 0 spiro atoms. The first kappa shape index (κ1) is 22.5. The van der Waals surface area contributed by atoms with E-state index in [0.717, 1.165) is 24.0 Å². The summed E-state index contributed by atoms with van der Waals surface area (Å²) in [5.74, 6) is 0.692. The van der Waals surface area contributed by atoms with Crippen molar-refractivity contribution in [1.29, 1.82) is 0 Å². The van der Waals surface area contributed by atoms with Crippen LogP contribution >= 0.6 is 0 Å². The van der Waals surface area contributed by atoms with Crippen molar-refractivity contribution in [2.24, 2.45) is 0 Å². The molecule has 1 aliphatic heterocycles. The van der Waals surface area contributed by atoms with Gasteiger partial charge in [-0.3, -0.25) is 4.79 Å². The first-order valence-electron chi connectivity index (χ1n) is 10.3. The molecule has 1 aliphatic rings. The number of fused-ring (bicyclic) bond motifs is 1. The molecular weight excluding hydrogens is 398 g/mol. The van der Waals surface area contributed by atoms with Crippen LogP contribution in [0.25, 0.3) is 11.1 Å². The maximum Gasteiger partial charge on any atom is 0.349 e. The molecule has 2 aromatic carbocycles. The van der Waals surface area contributed by atoms with Gasteiger partial charge in [0.05, 0.1) is 20.8 Å². The molecule has 166 valence electrons. The number of benzene rings is 2. The Morgan fingerprint density at radius 3 is 2.48 bits per heavy atom. The molecule has 31 heavy (non-hydrogen) atoms. The van der Waals surface area contributed by atoms with E-state index >= 15 is 0 Å². The van der Waals surface area contributed by atoms with Gasteiger partial charge in [-0.25, -0.2) is 4.79 Å². The van der Waals surface area contributed by atoms with Gasteiger partial charge in [-0.05, 0) is 55.7 Å². The number of carbonyl (C=O) groups is 2. The molecule has 0 atom stereocenters. The van der Waals surface area contributed by atoms with Gasteiger partial charge in [-0.1, -0.05) is 19.4 Å². The third-order valence-corrected chi connectivity index (χ3v) is 5.18. The third kappa shape index (κ3) is 4.60. The molecule has 0 aromatic heterocycles. The number of unbranched alkanes of at least 4 members (excludes halogenated alkanes) is 1. The second-order valence-corrected chi connectivity index (χ2v) is 7.83. The summed E-state index contributed by atoms with van der Waals surface area (Å²) in [6.07, 6.45) is 1.72. The van der Waals surface area contributed by atoms with Crippen molar-refractivity contribution in [3.05, 3.63) is 41.5 Å². The number of nitrogens with one attached hydrogen (secondary N) is 1. The van der Waals surface area contributed by atoms with E-state index in [-0.39, 0.29) is 5.91 Å². The van der Waals surface area contributed by atoms with E-state index in [4.69, 9.17) is 18.9 Å². The zero-order valence-electron chi connectivity index (χ0n) is 18.7. The van der Waals surface area contributed by atoms with Crippen molar-refractivity contribution in [2.75, 3.05) is 20.8 Å². The zero-order chi connectivity index (χ0) is 22.6. The van der Waals surface area contributed by atoms with Crippen molar-refractivity contribution in [3.8, 4) is 28.4 Å². The van der Waals surface area contributed by atoms with E-state index in [0.29, 0.717) is 41.5 Å². The number of carbonyl (C=O) groups excluding carboxylic acids is 2. The summed E-state index contributed by atoms with van der Waals surface area (Å²) in [4.78, 5) is 24.6. The summed E-state index contributed by atoms with van der Waals surface area (Å²) in [5, 5.41) is 2.82. The van der Waals surface area contributed by atoms with Crippen molar-refractivity contribution < 1.29 is 28.5 Å². The van der Waals surface area contributed by atoms with Crippen LogP contribution in [0.1, 0.15) is 49.5 Å². The summed E-state index contributed by atoms with van der Waals surface area (Å²) < 4.78 is 22.6. The van der Waals surface area contributed by atoms with E-state index < -0.39 is 11.6 Å². The average Bonchev–Trinajstić information content (AvgIpc) is 3.13. The highest BCUT2D eigenvalue weighted by atomic mass is 16.6. The van der Waals surface area contributed by atoms with E-state index in [1.807, 2.05) is 25.1 Å². The molecule has 0 aliphatic carbocycles. The van der Waals surface area contributed by atoms with Crippen LogP contribution in [0.15, 0.2) is 30.3 Å². The van der Waals surface area contributed by atoms with Crippen molar-refractivity contribution in [1.82, 2.24) is 5.32 Å². The fourth-order valence-electron chi connectivity index (χ4n) is 3.41. The van der Waals surface area contributed by atoms with Gasteiger partial charge in [0.25, 0.3) is 5.91 Å². The van der Waals surface area contributed by atoms with Gasteiger partial charge in [0.2, 0.25) is 5.75 Å². The van der Waals surface area contributed by atoms with Crippen molar-refractivity contribution in [2.45, 2.75) is 45.8 Å². The van der Waals surface area contributed by atoms with Crippen LogP contribution in [0.4, 0.5) is 0 Å². The van der Waals surface area contributed by atoms with Gasteiger partial charge in [-0.15, -0.1) is 0 Å². The van der Waals surface area contributed by atoms with Gasteiger partial charge in [0.1, 0.15) is 0 Å². The Morgan fingerprint density at radius 1 is 1.06 bits per heavy atom. The molecule has 2 aromatic rings. The quantitative estimate of drug-likeness (QED) is 0.479. The Labute approximate surface area is 182 Å². The Bertz CT molecular complexity index is 982. The van der Waals surface area contributed by atoms with Crippen LogP contribution in [-0.2, 0) is 16.1 Å². The highest BCUT2D eigenvalue weighted by Crippen LogP contribution is 2.46. The minimum absolute atomic E-state index is 0.0821. The number of hydrogen-bond acceptors (Lipinski definition) is 6. The maximum absolute atomic E-state index is 12.7. The Kier molecular flexibility index (Phi) is 6.73. The molecule has 0 saturated heterocycles. The molecule has 1 amide bonds. The summed E-state index contributed by atoms with van der Waals surface area (Å²) in [6, 6.07) is 9.21. The number of methoxy groups -OCH3 is 2. The van der Waals surface area contributed by atoms with E-state index in [9.17, 15) is 9.59 Å². The summed E-state index contributed by atoms with van der Waals surface area (Å²) in [6.45, 7) is 6.17. The van der Waals surface area contributed by atoms with Crippen LogP contribution in [0, 0.1) is 0 Å². The predicted molar refractivity (Wildman–Crippen MR) is 117 cm³/mol. The summed E-state index contributed by atoms with van der Waals surface area (Å²) in [7, 11) is 3.06. The molecule has 0 unspecified atom stereocenters. The molecule has 0 radical (unpaired) electrons. The largest absolute Gasteiger partial charge is 0.493 e. The molecule has 7 heteroatoms. The van der Waals surface area contributed by atoms with Gasteiger partial charge >= 0.3 is 5.97 Å². The monoisotopic (exact) mass is 427 g/mol. The second-order valence-electron chi connectivity index (χ2n) is 7.83. The summed E-state index contributed by atoms with van der Waals surface area (Å²) >= 11 is 0. The molecule has 1 heterocycles. The molecule has 0 saturated carbocycles. The van der Waals surface area contributed by atoms with Crippen LogP contribution < -0.4 is 19.5 Å². The van der Waals surface area contributed by atoms with E-state index in [1.54, 1.807) is 26.0 Å². The Morgan fingerprint density at radius 2 is 1.81 bits per heavy atom. The fourth-order valence-corrected chi connectivity index (χ4v) is 3.41. The molecular formula is C24H29NO6. The smallest absolute Gasteiger partial charge is 0.349 e. The lowest BCUT2D eigenvalue weighted by atomic mass is 9.98. The second kappa shape index (κ2) is 9.29. The molecule has 3 rings (SSSR count). The topological polar surface area (TPSA) is 83.1 Å². The SMILES string of the molecule is CCCCOC(=O)C(C)(C)Oc1c(-c2ccc3c(c2)CNC3=O)ccc(OC)c1OC. The first-order chi connectivity index (χ1) is 14.8. The first-order valence-corrected chi connectivity index (χ1v) is 10.3. The van der Waals surface area contributed by atoms with Crippen LogP contribution in [0.2, 0.25) is 0 Å². The molecule has 0 fully saturated rings. The normalized spacial score (nSPS) is 12.7. The van der Waals surface area contributed by atoms with Gasteiger partial charge in [0, 0.05) is 17.7 Å². The lowest BCUT2D eigenvalue weighted by molar-refractivity contribution is -0.159. The van der Waals surface area contributed by atoms with Gasteiger partial charge in [0.15, 0.2) is 17.1 Å². The number of hydrogen-bond donors (Lipinski definition) is 1. The molecule has 7 nitrogen and oxygen atoms in total. The average molecular weight is 427 g/mol. The lowest BCUT2D eigenvalue weighted by Crippen LogP contribution is -2.40. The fraction of sp³-hybridized carbons (Fsp3) is 0.417. The highest BCUT2D eigenvalue weighted by molar-refractivity contribution is 5.99. The van der Waals surface area contributed by atoms with Crippen molar-refractivity contribution in [3.63, 3.8) is 0 Å². The maximum atomic E-state index is 12.7. The standard InChI is InChI=1S/C24H29NO6/c1-6-7-12-30-23(27)24(2,3)31-20-17(10-11-19(28-4)21(20)29-5)15-8-9-18-16(13-15)14-25-22(18)26/h8-11,13H,6-7,12,14H2,1-5H3,(H,25,26). The van der Waals surface area contributed by atoms with Gasteiger partial charge < -0.3 is 24.3 Å². The number of rotatable bonds is 9. The molecule has 1 N–H and O–H groups in total. The Balaban J connectivity index is 2.03. The minimum Gasteiger partial charge on any atom is -0.493 e. The van der Waals surface area contributed by atoms with Crippen LogP contribution in [0.5, 0.6) is 17.2 Å². The third-order valence-electron chi connectivity index (χ3n) is 5.18. The van der Waals surface area contributed by atoms with Crippen molar-refractivity contribution >= 4 is 11.9 Å². The Hall–Kier alpha value is -3.22. The molecule has 0 bridgehead atoms. The highest BCUT2D eigenvalue weighted by Gasteiger charge is 2.35. The predicted octanol–water partition coefficient (Wildman–Crippen LogP) is 4.11. The number of ether oxygens (including phenoxy) is 4. The zero-order valence-corrected chi connectivity index (χ0v) is 18.7. The summed E-state index contributed by atoms with van der Waals surface area (Å²) in [5.41, 5.74) is 1.86. The minimum atomic E-state index is -1.25.